The third kappa shape index (κ3) is 4.09. The molecule has 0 radical (unpaired) electrons. The molecule has 1 aliphatic rings. The lowest BCUT2D eigenvalue weighted by Crippen LogP contribution is -2.29. The minimum Gasteiger partial charge on any atom is -0.347 e. The standard InChI is InChI=1S/C18H24BrFN2O2S/c1-11(21-25(23,24)12-5-6-12)14-9-22(10-18(2,3)4)17-8-15(19)16(20)7-13(14)17/h7-9,11-12,21H,5-6,10H2,1-4H3. The van der Waals surface area contributed by atoms with Crippen molar-refractivity contribution in [2.45, 2.75) is 58.4 Å². The highest BCUT2D eigenvalue weighted by atomic mass is 79.9. The molecule has 1 heterocycles. The second-order valence-corrected chi connectivity index (χ2v) is 11.0. The molecular formula is C18H24BrFN2O2S. The third-order valence-electron chi connectivity index (χ3n) is 4.37. The molecule has 1 atom stereocenters. The van der Waals surface area contributed by atoms with Crippen molar-refractivity contribution >= 4 is 36.9 Å². The Morgan fingerprint density at radius 2 is 2.00 bits per heavy atom. The zero-order chi connectivity index (χ0) is 18.6. The van der Waals surface area contributed by atoms with E-state index in [-0.39, 0.29) is 16.5 Å². The molecule has 0 spiro atoms. The first-order valence-corrected chi connectivity index (χ1v) is 10.8. The average Bonchev–Trinajstić information content (AvgIpc) is 3.25. The van der Waals surface area contributed by atoms with Crippen LogP contribution in [0.1, 0.15) is 52.1 Å². The van der Waals surface area contributed by atoms with Gasteiger partial charge in [0.2, 0.25) is 10.0 Å². The lowest BCUT2D eigenvalue weighted by Gasteiger charge is -2.20. The van der Waals surface area contributed by atoms with Crippen LogP contribution >= 0.6 is 15.9 Å². The molecule has 25 heavy (non-hydrogen) atoms. The maximum absolute atomic E-state index is 14.1. The number of fused-ring (bicyclic) bond motifs is 1. The molecule has 0 bridgehead atoms. The summed E-state index contributed by atoms with van der Waals surface area (Å²) in [6.45, 7) is 8.97. The summed E-state index contributed by atoms with van der Waals surface area (Å²) in [6.07, 6.45) is 3.38. The first-order valence-electron chi connectivity index (χ1n) is 8.47. The Kier molecular flexibility index (Phi) is 4.79. The summed E-state index contributed by atoms with van der Waals surface area (Å²) >= 11 is 3.25. The van der Waals surface area contributed by atoms with E-state index in [0.717, 1.165) is 35.9 Å². The normalized spacial score (nSPS) is 17.2. The van der Waals surface area contributed by atoms with Crippen LogP contribution < -0.4 is 4.72 Å². The van der Waals surface area contributed by atoms with E-state index in [9.17, 15) is 12.8 Å². The Morgan fingerprint density at radius 1 is 1.36 bits per heavy atom. The monoisotopic (exact) mass is 430 g/mol. The number of nitrogens with one attached hydrogen (secondary N) is 1. The number of halogens is 2. The van der Waals surface area contributed by atoms with Crippen molar-refractivity contribution in [3.05, 3.63) is 34.2 Å². The molecule has 1 aliphatic carbocycles. The molecule has 2 aromatic rings. The van der Waals surface area contributed by atoms with Crippen LogP contribution in [0.4, 0.5) is 4.39 Å². The number of hydrogen-bond donors (Lipinski definition) is 1. The van der Waals surface area contributed by atoms with Gasteiger partial charge in [-0.25, -0.2) is 17.5 Å². The summed E-state index contributed by atoms with van der Waals surface area (Å²) in [5, 5.41) is 0.472. The molecule has 3 rings (SSSR count). The van der Waals surface area contributed by atoms with Crippen LogP contribution in [0, 0.1) is 11.2 Å². The van der Waals surface area contributed by atoms with E-state index < -0.39 is 16.1 Å². The molecule has 138 valence electrons. The van der Waals surface area contributed by atoms with Gasteiger partial charge in [-0.1, -0.05) is 20.8 Å². The average molecular weight is 431 g/mol. The van der Waals surface area contributed by atoms with E-state index >= 15 is 0 Å². The number of benzene rings is 1. The fraction of sp³-hybridized carbons (Fsp3) is 0.556. The highest BCUT2D eigenvalue weighted by Crippen LogP contribution is 2.34. The van der Waals surface area contributed by atoms with Gasteiger partial charge < -0.3 is 4.57 Å². The SMILES string of the molecule is CC(NS(=O)(=O)C1CC1)c1cn(CC(C)(C)C)c2cc(Br)c(F)cc12. The van der Waals surface area contributed by atoms with Gasteiger partial charge in [0, 0.05) is 29.7 Å². The van der Waals surface area contributed by atoms with Crippen molar-refractivity contribution in [2.24, 2.45) is 5.41 Å². The summed E-state index contributed by atoms with van der Waals surface area (Å²) in [7, 11) is -3.31. The summed E-state index contributed by atoms with van der Waals surface area (Å²) in [5.74, 6) is -0.348. The number of hydrogen-bond acceptors (Lipinski definition) is 2. The van der Waals surface area contributed by atoms with Crippen molar-refractivity contribution in [3.63, 3.8) is 0 Å². The Balaban J connectivity index is 2.06. The smallest absolute Gasteiger partial charge is 0.215 e. The number of aromatic nitrogens is 1. The molecule has 1 aromatic heterocycles. The molecule has 0 amide bonds. The Hall–Kier alpha value is -0.920. The molecule has 0 saturated heterocycles. The van der Waals surface area contributed by atoms with Crippen molar-refractivity contribution in [1.29, 1.82) is 0 Å². The molecule has 4 nitrogen and oxygen atoms in total. The predicted molar refractivity (Wildman–Crippen MR) is 103 cm³/mol. The van der Waals surface area contributed by atoms with Gasteiger partial charge in [0.05, 0.1) is 9.72 Å². The molecule has 0 aliphatic heterocycles. The van der Waals surface area contributed by atoms with Gasteiger partial charge in [-0.3, -0.25) is 0 Å². The van der Waals surface area contributed by atoms with Gasteiger partial charge in [-0.15, -0.1) is 0 Å². The fourth-order valence-corrected chi connectivity index (χ4v) is 4.98. The van der Waals surface area contributed by atoms with Gasteiger partial charge in [-0.05, 0) is 58.8 Å². The van der Waals surface area contributed by atoms with Gasteiger partial charge in [0.15, 0.2) is 0 Å². The lowest BCUT2D eigenvalue weighted by molar-refractivity contribution is 0.349. The molecular weight excluding hydrogens is 407 g/mol. The molecule has 1 fully saturated rings. The van der Waals surface area contributed by atoms with Crippen LogP contribution in [0.5, 0.6) is 0 Å². The zero-order valence-electron chi connectivity index (χ0n) is 14.9. The number of nitrogens with zero attached hydrogens (tertiary/aromatic N) is 1. The van der Waals surface area contributed by atoms with E-state index in [1.807, 2.05) is 13.1 Å². The van der Waals surface area contributed by atoms with Crippen LogP contribution in [0.3, 0.4) is 0 Å². The molecule has 7 heteroatoms. The summed E-state index contributed by atoms with van der Waals surface area (Å²) in [5.41, 5.74) is 1.74. The maximum Gasteiger partial charge on any atom is 0.215 e. The topological polar surface area (TPSA) is 51.1 Å². The van der Waals surface area contributed by atoms with Crippen molar-refractivity contribution < 1.29 is 12.8 Å². The van der Waals surface area contributed by atoms with Crippen LogP contribution in [0.2, 0.25) is 0 Å². The largest absolute Gasteiger partial charge is 0.347 e. The third-order valence-corrected chi connectivity index (χ3v) is 7.01. The molecule has 1 N–H and O–H groups in total. The van der Waals surface area contributed by atoms with Gasteiger partial charge in [-0.2, -0.15) is 0 Å². The van der Waals surface area contributed by atoms with Gasteiger partial charge in [0.1, 0.15) is 5.82 Å². The minimum atomic E-state index is -3.31. The van der Waals surface area contributed by atoms with Crippen LogP contribution in [0.15, 0.2) is 22.8 Å². The van der Waals surface area contributed by atoms with E-state index in [1.54, 1.807) is 6.07 Å². The second-order valence-electron chi connectivity index (χ2n) is 8.14. The molecule has 1 aromatic carbocycles. The van der Waals surface area contributed by atoms with Crippen molar-refractivity contribution in [1.82, 2.24) is 9.29 Å². The predicted octanol–water partition coefficient (Wildman–Crippen LogP) is 4.73. The van der Waals surface area contributed by atoms with Gasteiger partial charge in [0.25, 0.3) is 0 Å². The van der Waals surface area contributed by atoms with E-state index in [4.69, 9.17) is 0 Å². The van der Waals surface area contributed by atoms with E-state index in [1.165, 1.54) is 6.07 Å². The van der Waals surface area contributed by atoms with Crippen LogP contribution in [0.25, 0.3) is 10.9 Å². The highest BCUT2D eigenvalue weighted by molar-refractivity contribution is 9.10. The van der Waals surface area contributed by atoms with E-state index in [2.05, 4.69) is 46.0 Å². The van der Waals surface area contributed by atoms with Gasteiger partial charge >= 0.3 is 0 Å². The quantitative estimate of drug-likeness (QED) is 0.744. The maximum atomic E-state index is 14.1. The summed E-state index contributed by atoms with van der Waals surface area (Å²) in [6, 6.07) is 2.84. The molecule has 1 unspecified atom stereocenters. The Morgan fingerprint density at radius 3 is 2.56 bits per heavy atom. The lowest BCUT2D eigenvalue weighted by atomic mass is 9.97. The minimum absolute atomic E-state index is 0.0425. The van der Waals surface area contributed by atoms with Crippen molar-refractivity contribution in [3.8, 4) is 0 Å². The van der Waals surface area contributed by atoms with Crippen molar-refractivity contribution in [2.75, 3.05) is 0 Å². The molecule has 1 saturated carbocycles. The van der Waals surface area contributed by atoms with Crippen LogP contribution in [-0.4, -0.2) is 18.2 Å². The first-order chi connectivity index (χ1) is 11.5. The van der Waals surface area contributed by atoms with Crippen LogP contribution in [-0.2, 0) is 16.6 Å². The second kappa shape index (κ2) is 6.35. The summed E-state index contributed by atoms with van der Waals surface area (Å²) in [4.78, 5) is 0. The fourth-order valence-electron chi connectivity index (χ4n) is 3.08. The summed E-state index contributed by atoms with van der Waals surface area (Å²) < 4.78 is 43.9. The Labute approximate surface area is 157 Å². The van der Waals surface area contributed by atoms with E-state index in [0.29, 0.717) is 4.47 Å². The Bertz CT molecular complexity index is 911. The zero-order valence-corrected chi connectivity index (χ0v) is 17.3. The number of sulfonamides is 1. The first kappa shape index (κ1) is 18.9. The highest BCUT2D eigenvalue weighted by Gasteiger charge is 2.37. The number of rotatable bonds is 5.